The van der Waals surface area contributed by atoms with Crippen molar-refractivity contribution in [2.24, 2.45) is 11.8 Å². The van der Waals surface area contributed by atoms with E-state index in [9.17, 15) is 14.7 Å². The highest BCUT2D eigenvalue weighted by Gasteiger charge is 2.46. The molecule has 2 unspecified atom stereocenters. The van der Waals surface area contributed by atoms with Gasteiger partial charge in [0.1, 0.15) is 0 Å². The first-order valence-corrected chi connectivity index (χ1v) is 10.5. The molecule has 7 nitrogen and oxygen atoms in total. The van der Waals surface area contributed by atoms with Crippen molar-refractivity contribution in [3.8, 4) is 0 Å². The zero-order chi connectivity index (χ0) is 20.0. The van der Waals surface area contributed by atoms with Crippen LogP contribution in [0, 0.1) is 11.8 Å². The van der Waals surface area contributed by atoms with Gasteiger partial charge in [-0.05, 0) is 61.6 Å². The molecule has 1 aromatic carbocycles. The van der Waals surface area contributed by atoms with Crippen molar-refractivity contribution in [1.82, 2.24) is 14.7 Å². The van der Waals surface area contributed by atoms with Gasteiger partial charge in [0.25, 0.3) is 5.91 Å². The molecule has 0 radical (unpaired) electrons. The molecule has 29 heavy (non-hydrogen) atoms. The Labute approximate surface area is 169 Å². The van der Waals surface area contributed by atoms with Gasteiger partial charge in [0, 0.05) is 36.8 Å². The normalized spacial score (nSPS) is 22.9. The van der Waals surface area contributed by atoms with Gasteiger partial charge >= 0.3 is 6.09 Å². The summed E-state index contributed by atoms with van der Waals surface area (Å²) in [5, 5.41) is 16.8. The lowest BCUT2D eigenvalue weighted by Crippen LogP contribution is -2.34. The molecule has 2 atom stereocenters. The van der Waals surface area contributed by atoms with E-state index in [1.165, 1.54) is 12.8 Å². The molecule has 3 fully saturated rings. The minimum absolute atomic E-state index is 0.0343. The molecule has 1 aromatic heterocycles. The van der Waals surface area contributed by atoms with Gasteiger partial charge in [-0.2, -0.15) is 5.10 Å². The van der Waals surface area contributed by atoms with Crippen LogP contribution in [-0.2, 0) is 6.54 Å². The third kappa shape index (κ3) is 4.28. The number of nitrogens with zero attached hydrogens (tertiary/aromatic N) is 3. The molecule has 3 aliphatic carbocycles. The van der Waals surface area contributed by atoms with Gasteiger partial charge in [-0.1, -0.05) is 12.1 Å². The Hall–Kier alpha value is -2.83. The fourth-order valence-electron chi connectivity index (χ4n) is 4.02. The number of carbonyl (C=O) groups is 2. The van der Waals surface area contributed by atoms with E-state index in [4.69, 9.17) is 0 Å². The number of carbonyl (C=O) groups excluding carboxylic acids is 1. The average Bonchev–Trinajstić information content (AvgIpc) is 3.57. The zero-order valence-corrected chi connectivity index (χ0v) is 16.3. The number of aromatic nitrogens is 2. The smallest absolute Gasteiger partial charge is 0.407 e. The number of amides is 2. The number of rotatable bonds is 8. The largest absolute Gasteiger partial charge is 0.465 e. The molecule has 0 bridgehead atoms. The predicted molar refractivity (Wildman–Crippen MR) is 108 cm³/mol. The van der Waals surface area contributed by atoms with Crippen LogP contribution in [0.1, 0.15) is 53.9 Å². The van der Waals surface area contributed by atoms with E-state index >= 15 is 0 Å². The molecule has 7 heteroatoms. The Bertz CT molecular complexity index is 932. The second-order valence-corrected chi connectivity index (χ2v) is 8.76. The van der Waals surface area contributed by atoms with Crippen molar-refractivity contribution in [3.63, 3.8) is 0 Å². The summed E-state index contributed by atoms with van der Waals surface area (Å²) >= 11 is 0. The summed E-state index contributed by atoms with van der Waals surface area (Å²) in [5.74, 6) is 1.28. The van der Waals surface area contributed by atoms with Crippen LogP contribution in [-0.4, -0.2) is 44.4 Å². The van der Waals surface area contributed by atoms with Gasteiger partial charge < -0.3 is 15.3 Å². The number of carboxylic acid groups (broad SMARTS) is 1. The molecule has 152 valence electrons. The topological polar surface area (TPSA) is 87.5 Å². The van der Waals surface area contributed by atoms with Crippen LogP contribution in [0.2, 0.25) is 0 Å². The van der Waals surface area contributed by atoms with Crippen LogP contribution < -0.4 is 5.32 Å². The molecular formula is C22H26N4O3. The lowest BCUT2D eigenvalue weighted by Gasteiger charge is -2.19. The van der Waals surface area contributed by atoms with E-state index < -0.39 is 6.09 Å². The maximum absolute atomic E-state index is 12.7. The zero-order valence-electron chi connectivity index (χ0n) is 16.3. The van der Waals surface area contributed by atoms with E-state index in [1.54, 1.807) is 17.2 Å². The van der Waals surface area contributed by atoms with Crippen LogP contribution in [0.25, 0.3) is 0 Å². The summed E-state index contributed by atoms with van der Waals surface area (Å²) in [4.78, 5) is 25.9. The summed E-state index contributed by atoms with van der Waals surface area (Å²) in [6, 6.07) is 7.59. The fraction of sp³-hybridized carbons (Fsp3) is 0.500. The Morgan fingerprint density at radius 2 is 2.00 bits per heavy atom. The van der Waals surface area contributed by atoms with Crippen molar-refractivity contribution >= 4 is 17.7 Å². The Balaban J connectivity index is 1.23. The lowest BCUT2D eigenvalue weighted by atomic mass is 10.1. The highest BCUT2D eigenvalue weighted by atomic mass is 16.4. The van der Waals surface area contributed by atoms with Crippen molar-refractivity contribution < 1.29 is 14.7 Å². The molecule has 0 aliphatic heterocycles. The quantitative estimate of drug-likeness (QED) is 0.713. The van der Waals surface area contributed by atoms with Crippen LogP contribution in [0.5, 0.6) is 0 Å². The van der Waals surface area contributed by atoms with Gasteiger partial charge in [-0.25, -0.2) is 4.79 Å². The monoisotopic (exact) mass is 394 g/mol. The minimum Gasteiger partial charge on any atom is -0.465 e. The van der Waals surface area contributed by atoms with E-state index in [2.05, 4.69) is 10.4 Å². The maximum atomic E-state index is 12.7. The van der Waals surface area contributed by atoms with Gasteiger partial charge in [0.15, 0.2) is 0 Å². The molecule has 1 heterocycles. The number of anilines is 1. The van der Waals surface area contributed by atoms with E-state index in [0.717, 1.165) is 37.3 Å². The summed E-state index contributed by atoms with van der Waals surface area (Å²) < 4.78 is 1.89. The van der Waals surface area contributed by atoms with Gasteiger partial charge in [-0.15, -0.1) is 0 Å². The van der Waals surface area contributed by atoms with Crippen LogP contribution in [0.4, 0.5) is 10.5 Å². The van der Waals surface area contributed by atoms with Crippen LogP contribution >= 0.6 is 0 Å². The SMILES string of the molecule is O=C(Nc1cnn(CC2CC2)c1)c1cccc(C2CC2N(CC2CC2)C(=O)O)c1. The molecule has 0 spiro atoms. The lowest BCUT2D eigenvalue weighted by molar-refractivity contribution is 0.102. The molecule has 2 N–H and O–H groups in total. The third-order valence-corrected chi connectivity index (χ3v) is 6.16. The van der Waals surface area contributed by atoms with Gasteiger partial charge in [0.05, 0.1) is 11.9 Å². The second-order valence-electron chi connectivity index (χ2n) is 8.76. The first-order chi connectivity index (χ1) is 14.1. The number of hydrogen-bond donors (Lipinski definition) is 2. The fourth-order valence-corrected chi connectivity index (χ4v) is 4.02. The highest BCUT2D eigenvalue weighted by Crippen LogP contribution is 2.46. The first kappa shape index (κ1) is 18.2. The third-order valence-electron chi connectivity index (χ3n) is 6.16. The standard InChI is InChI=1S/C22H26N4O3/c27-21(24-18-10-23-25(13-18)11-14-4-5-14)17-3-1-2-16(8-17)19-9-20(19)26(22(28)29)12-15-6-7-15/h1-3,8,10,13-15,19-20H,4-7,9,11-12H2,(H,24,27)(H,28,29). The Kier molecular flexibility index (Phi) is 4.53. The molecule has 5 rings (SSSR count). The van der Waals surface area contributed by atoms with Crippen LogP contribution in [0.15, 0.2) is 36.7 Å². The molecule has 2 aromatic rings. The van der Waals surface area contributed by atoms with Gasteiger partial charge in [0.2, 0.25) is 0 Å². The summed E-state index contributed by atoms with van der Waals surface area (Å²) in [6.45, 7) is 1.55. The Morgan fingerprint density at radius 1 is 1.21 bits per heavy atom. The first-order valence-electron chi connectivity index (χ1n) is 10.5. The number of benzene rings is 1. The Morgan fingerprint density at radius 3 is 2.72 bits per heavy atom. The number of hydrogen-bond acceptors (Lipinski definition) is 3. The van der Waals surface area contributed by atoms with E-state index in [0.29, 0.717) is 23.7 Å². The van der Waals surface area contributed by atoms with Crippen molar-refractivity contribution in [3.05, 3.63) is 47.8 Å². The average molecular weight is 394 g/mol. The second kappa shape index (κ2) is 7.21. The number of nitrogens with one attached hydrogen (secondary N) is 1. The highest BCUT2D eigenvalue weighted by molar-refractivity contribution is 6.04. The molecule has 3 saturated carbocycles. The predicted octanol–water partition coefficient (Wildman–Crippen LogP) is 3.79. The summed E-state index contributed by atoms with van der Waals surface area (Å²) in [6.07, 6.45) is 8.35. The maximum Gasteiger partial charge on any atom is 0.407 e. The molecule has 2 amide bonds. The van der Waals surface area contributed by atoms with E-state index in [1.807, 2.05) is 29.1 Å². The van der Waals surface area contributed by atoms with Crippen LogP contribution in [0.3, 0.4) is 0 Å². The summed E-state index contributed by atoms with van der Waals surface area (Å²) in [5.41, 5.74) is 2.33. The minimum atomic E-state index is -0.832. The van der Waals surface area contributed by atoms with Crippen molar-refractivity contribution in [2.45, 2.75) is 50.6 Å². The summed E-state index contributed by atoms with van der Waals surface area (Å²) in [7, 11) is 0. The molecule has 0 saturated heterocycles. The molecule has 3 aliphatic rings. The van der Waals surface area contributed by atoms with E-state index in [-0.39, 0.29) is 17.9 Å². The van der Waals surface area contributed by atoms with Gasteiger partial charge in [-0.3, -0.25) is 9.48 Å². The van der Waals surface area contributed by atoms with Crippen molar-refractivity contribution in [2.75, 3.05) is 11.9 Å². The molecular weight excluding hydrogens is 368 g/mol. The van der Waals surface area contributed by atoms with Crippen molar-refractivity contribution in [1.29, 1.82) is 0 Å².